The number of pyridine rings is 2. The number of hydrogen-bond donors (Lipinski definition) is 1. The second kappa shape index (κ2) is 6.38. The van der Waals surface area contributed by atoms with Gasteiger partial charge in [-0.2, -0.15) is 0 Å². The Labute approximate surface area is 148 Å². The van der Waals surface area contributed by atoms with Crippen LogP contribution >= 0.6 is 11.6 Å². The predicted molar refractivity (Wildman–Crippen MR) is 91.5 cm³/mol. The molecule has 3 rings (SSSR count). The van der Waals surface area contributed by atoms with Crippen LogP contribution in [0.15, 0.2) is 23.6 Å². The lowest BCUT2D eigenvalue weighted by molar-refractivity contribution is -0.148. The standard InChI is InChI=1S/C16H16ClN5O3/c1-16(2,21-22-18)12-7-20-14(11-6-19-13(17)5-10(11)12)25-9-3-8(4-9)15(23)24/h5-9H,3-4H2,1-2H3,(H,23,24)/t8-,9+. The van der Waals surface area contributed by atoms with Gasteiger partial charge in [0.05, 0.1) is 16.8 Å². The van der Waals surface area contributed by atoms with Crippen molar-refractivity contribution in [2.24, 2.45) is 11.0 Å². The third-order valence-electron chi connectivity index (χ3n) is 4.38. The number of azide groups is 1. The van der Waals surface area contributed by atoms with Crippen LogP contribution in [0.25, 0.3) is 21.2 Å². The number of rotatable bonds is 5. The molecule has 0 saturated heterocycles. The van der Waals surface area contributed by atoms with Crippen LogP contribution in [0.2, 0.25) is 5.15 Å². The molecule has 0 aromatic carbocycles. The number of carboxylic acids is 1. The number of carboxylic acid groups (broad SMARTS) is 1. The quantitative estimate of drug-likeness (QED) is 0.372. The number of aromatic nitrogens is 2. The number of nitrogens with zero attached hydrogens (tertiary/aromatic N) is 5. The van der Waals surface area contributed by atoms with Crippen molar-refractivity contribution in [3.05, 3.63) is 39.6 Å². The van der Waals surface area contributed by atoms with Gasteiger partial charge in [0.25, 0.3) is 0 Å². The highest BCUT2D eigenvalue weighted by Crippen LogP contribution is 2.38. The number of fused-ring (bicyclic) bond motifs is 1. The van der Waals surface area contributed by atoms with Gasteiger partial charge in [0.2, 0.25) is 5.88 Å². The lowest BCUT2D eigenvalue weighted by Crippen LogP contribution is -2.38. The van der Waals surface area contributed by atoms with Crippen molar-refractivity contribution in [3.8, 4) is 5.88 Å². The highest BCUT2D eigenvalue weighted by molar-refractivity contribution is 6.30. The fourth-order valence-electron chi connectivity index (χ4n) is 2.85. The van der Waals surface area contributed by atoms with Gasteiger partial charge in [0.1, 0.15) is 11.3 Å². The largest absolute Gasteiger partial charge is 0.481 e. The van der Waals surface area contributed by atoms with E-state index in [1.807, 2.05) is 0 Å². The van der Waals surface area contributed by atoms with Crippen molar-refractivity contribution in [2.45, 2.75) is 38.3 Å². The van der Waals surface area contributed by atoms with Crippen LogP contribution in [-0.2, 0) is 10.3 Å². The summed E-state index contributed by atoms with van der Waals surface area (Å²) < 4.78 is 5.85. The molecule has 0 amide bonds. The Morgan fingerprint density at radius 2 is 2.12 bits per heavy atom. The Kier molecular flexibility index (Phi) is 4.41. The van der Waals surface area contributed by atoms with Crippen molar-refractivity contribution >= 4 is 28.3 Å². The van der Waals surface area contributed by atoms with Crippen LogP contribution in [0.5, 0.6) is 5.88 Å². The molecule has 1 fully saturated rings. The molecular weight excluding hydrogens is 346 g/mol. The van der Waals surface area contributed by atoms with Crippen molar-refractivity contribution < 1.29 is 14.6 Å². The number of aliphatic carboxylic acids is 1. The second-order valence-electron chi connectivity index (χ2n) is 6.52. The monoisotopic (exact) mass is 361 g/mol. The molecule has 2 aromatic rings. The van der Waals surface area contributed by atoms with Gasteiger partial charge in [-0.05, 0) is 35.4 Å². The lowest BCUT2D eigenvalue weighted by atomic mass is 9.82. The van der Waals surface area contributed by atoms with Gasteiger partial charge in [-0.1, -0.05) is 30.6 Å². The number of halogens is 1. The van der Waals surface area contributed by atoms with E-state index in [2.05, 4.69) is 20.0 Å². The predicted octanol–water partition coefficient (Wildman–Crippen LogP) is 4.07. The molecule has 0 atom stereocenters. The van der Waals surface area contributed by atoms with Gasteiger partial charge in [-0.15, -0.1) is 0 Å². The zero-order valence-electron chi connectivity index (χ0n) is 13.7. The Morgan fingerprint density at radius 3 is 2.76 bits per heavy atom. The number of hydrogen-bond acceptors (Lipinski definition) is 5. The Bertz CT molecular complexity index is 889. The summed E-state index contributed by atoms with van der Waals surface area (Å²) in [6, 6.07) is 1.68. The normalized spacial score (nSPS) is 19.8. The van der Waals surface area contributed by atoms with Gasteiger partial charge in [-0.3, -0.25) is 4.79 Å². The van der Waals surface area contributed by atoms with Crippen LogP contribution in [-0.4, -0.2) is 27.1 Å². The van der Waals surface area contributed by atoms with Gasteiger partial charge in [-0.25, -0.2) is 9.97 Å². The molecule has 9 heteroatoms. The number of ether oxygens (including phenoxy) is 1. The van der Waals surface area contributed by atoms with Crippen molar-refractivity contribution in [2.75, 3.05) is 0 Å². The van der Waals surface area contributed by atoms with Crippen LogP contribution in [0.3, 0.4) is 0 Å². The maximum atomic E-state index is 10.9. The highest BCUT2D eigenvalue weighted by Gasteiger charge is 2.36. The average Bonchev–Trinajstić information content (AvgIpc) is 2.49. The third kappa shape index (κ3) is 3.31. The molecule has 1 N–H and O–H groups in total. The Morgan fingerprint density at radius 1 is 1.40 bits per heavy atom. The summed E-state index contributed by atoms with van der Waals surface area (Å²) in [5.74, 6) is -0.807. The first-order chi connectivity index (χ1) is 11.8. The summed E-state index contributed by atoms with van der Waals surface area (Å²) in [6.07, 6.45) is 3.86. The van der Waals surface area contributed by atoms with E-state index in [-0.39, 0.29) is 12.0 Å². The summed E-state index contributed by atoms with van der Waals surface area (Å²) in [7, 11) is 0. The molecule has 130 valence electrons. The smallest absolute Gasteiger partial charge is 0.306 e. The van der Waals surface area contributed by atoms with E-state index in [1.54, 1.807) is 32.3 Å². The molecule has 0 aliphatic heterocycles. The zero-order valence-corrected chi connectivity index (χ0v) is 14.4. The molecule has 1 aliphatic carbocycles. The number of carbonyl (C=O) groups is 1. The first kappa shape index (κ1) is 17.3. The molecule has 0 radical (unpaired) electrons. The molecule has 8 nitrogen and oxygen atoms in total. The molecule has 0 unspecified atom stereocenters. The summed E-state index contributed by atoms with van der Waals surface area (Å²) >= 11 is 6.03. The first-order valence-electron chi connectivity index (χ1n) is 7.72. The molecule has 1 aliphatic rings. The SMILES string of the molecule is CC(C)(N=[N+]=[N-])c1cnc(O[C@H]2C[C@@H](C(=O)O)C2)c2cnc(Cl)cc12. The fraction of sp³-hybridized carbons (Fsp3) is 0.438. The van der Waals surface area contributed by atoms with E-state index in [4.69, 9.17) is 27.0 Å². The molecule has 25 heavy (non-hydrogen) atoms. The first-order valence-corrected chi connectivity index (χ1v) is 8.10. The van der Waals surface area contributed by atoms with Gasteiger partial charge in [0, 0.05) is 17.3 Å². The molecule has 2 aromatic heterocycles. The second-order valence-corrected chi connectivity index (χ2v) is 6.91. The van der Waals surface area contributed by atoms with Gasteiger partial charge >= 0.3 is 5.97 Å². The fourth-order valence-corrected chi connectivity index (χ4v) is 3.01. The van der Waals surface area contributed by atoms with Crippen molar-refractivity contribution in [1.29, 1.82) is 0 Å². The van der Waals surface area contributed by atoms with E-state index >= 15 is 0 Å². The van der Waals surface area contributed by atoms with Crippen molar-refractivity contribution in [3.63, 3.8) is 0 Å². The van der Waals surface area contributed by atoms with Crippen LogP contribution < -0.4 is 4.74 Å². The summed E-state index contributed by atoms with van der Waals surface area (Å²) in [5, 5.41) is 14.5. The van der Waals surface area contributed by atoms with E-state index < -0.39 is 11.5 Å². The molecule has 0 bridgehead atoms. The molecule has 2 heterocycles. The molecule has 1 saturated carbocycles. The average molecular weight is 362 g/mol. The van der Waals surface area contributed by atoms with E-state index in [9.17, 15) is 4.79 Å². The maximum absolute atomic E-state index is 10.9. The molecular formula is C16H16ClN5O3. The van der Waals surface area contributed by atoms with Gasteiger partial charge < -0.3 is 9.84 Å². The summed E-state index contributed by atoms with van der Waals surface area (Å²) in [5.41, 5.74) is 8.68. The van der Waals surface area contributed by atoms with E-state index in [1.165, 1.54) is 0 Å². The highest BCUT2D eigenvalue weighted by atomic mass is 35.5. The lowest BCUT2D eigenvalue weighted by Gasteiger charge is -2.32. The minimum Gasteiger partial charge on any atom is -0.481 e. The van der Waals surface area contributed by atoms with Crippen molar-refractivity contribution in [1.82, 2.24) is 9.97 Å². The minimum absolute atomic E-state index is 0.191. The maximum Gasteiger partial charge on any atom is 0.306 e. The topological polar surface area (TPSA) is 121 Å². The minimum atomic E-state index is -0.825. The van der Waals surface area contributed by atoms with Gasteiger partial charge in [0.15, 0.2) is 0 Å². The van der Waals surface area contributed by atoms with E-state index in [0.717, 1.165) is 5.39 Å². The van der Waals surface area contributed by atoms with Crippen LogP contribution in [0.4, 0.5) is 0 Å². The third-order valence-corrected chi connectivity index (χ3v) is 4.58. The van der Waals surface area contributed by atoms with E-state index in [0.29, 0.717) is 34.8 Å². The summed E-state index contributed by atoms with van der Waals surface area (Å²) in [6.45, 7) is 3.56. The zero-order chi connectivity index (χ0) is 18.2. The summed E-state index contributed by atoms with van der Waals surface area (Å²) in [4.78, 5) is 22.2. The van der Waals surface area contributed by atoms with Crippen LogP contribution in [0, 0.1) is 5.92 Å². The van der Waals surface area contributed by atoms with Crippen LogP contribution in [0.1, 0.15) is 32.3 Å². The Hall–Kier alpha value is -2.57. The molecule has 0 spiro atoms. The Balaban J connectivity index is 1.99.